The Bertz CT molecular complexity index is 1070. The summed E-state index contributed by atoms with van der Waals surface area (Å²) in [5.74, 6) is 0. The highest BCUT2D eigenvalue weighted by Gasteiger charge is 2.42. The Labute approximate surface area is 167 Å². The number of fused-ring (bicyclic) bond motifs is 6. The molecule has 0 nitrogen and oxygen atoms in total. The third kappa shape index (κ3) is 2.27. The summed E-state index contributed by atoms with van der Waals surface area (Å²) < 4.78 is 0. The molecule has 0 N–H and O–H groups in total. The Morgan fingerprint density at radius 3 is 1.59 bits per heavy atom. The highest BCUT2D eigenvalue weighted by Crippen LogP contribution is 2.59. The highest BCUT2D eigenvalue weighted by atomic mass is 32.2. The summed E-state index contributed by atoms with van der Waals surface area (Å²) in [6.45, 7) is 0. The maximum atomic E-state index is 2.39. The maximum absolute atomic E-state index is 2.39. The van der Waals surface area contributed by atoms with Gasteiger partial charge in [-0.25, -0.2) is 0 Å². The minimum absolute atomic E-state index is 0.185. The van der Waals surface area contributed by atoms with Crippen molar-refractivity contribution < 1.29 is 0 Å². The van der Waals surface area contributed by atoms with Gasteiger partial charge in [0.25, 0.3) is 0 Å². The van der Waals surface area contributed by atoms with Crippen molar-refractivity contribution in [2.75, 3.05) is 0 Å². The molecule has 0 saturated carbocycles. The second kappa shape index (κ2) is 5.79. The van der Waals surface area contributed by atoms with Crippen LogP contribution in [-0.2, 0) is 0 Å². The Balaban J connectivity index is 1.59. The standard InChI is InChI=1S/C25H16S2/c1-3-9-21-17(7-1)15-19-23(26-21)11-5-13-25(19)14-6-12-24-20(25)16-18-8-2-4-10-22(18)27-24/h1-16H. The largest absolute Gasteiger partial charge is 0.0891 e. The lowest BCUT2D eigenvalue weighted by molar-refractivity contribution is 0.728. The minimum atomic E-state index is -0.185. The van der Waals surface area contributed by atoms with Crippen molar-refractivity contribution in [3.63, 3.8) is 0 Å². The SMILES string of the molecule is C1=CC2(C=CC=C3Sc4ccccc4C=C32)C2=Cc3ccccc3SC2=C1. The molecule has 4 aliphatic rings. The van der Waals surface area contributed by atoms with E-state index in [1.165, 1.54) is 41.9 Å². The van der Waals surface area contributed by atoms with Crippen LogP contribution in [0.5, 0.6) is 0 Å². The van der Waals surface area contributed by atoms with Gasteiger partial charge < -0.3 is 0 Å². The molecule has 0 radical (unpaired) electrons. The van der Waals surface area contributed by atoms with Gasteiger partial charge in [0.1, 0.15) is 0 Å². The third-order valence-electron chi connectivity index (χ3n) is 5.51. The van der Waals surface area contributed by atoms with E-state index in [-0.39, 0.29) is 5.41 Å². The number of allylic oxidation sites excluding steroid dienone is 8. The van der Waals surface area contributed by atoms with E-state index in [9.17, 15) is 0 Å². The number of hydrogen-bond donors (Lipinski definition) is 0. The first kappa shape index (κ1) is 15.6. The van der Waals surface area contributed by atoms with Crippen molar-refractivity contribution in [2.24, 2.45) is 5.41 Å². The fourth-order valence-electron chi connectivity index (χ4n) is 4.21. The third-order valence-corrected chi connectivity index (χ3v) is 7.85. The lowest BCUT2D eigenvalue weighted by Gasteiger charge is -2.41. The average molecular weight is 381 g/mol. The van der Waals surface area contributed by atoms with Crippen LogP contribution >= 0.6 is 23.5 Å². The first-order valence-corrected chi connectivity index (χ1v) is 10.7. The molecule has 2 aliphatic carbocycles. The van der Waals surface area contributed by atoms with Crippen molar-refractivity contribution in [3.8, 4) is 0 Å². The van der Waals surface area contributed by atoms with Gasteiger partial charge in [0.15, 0.2) is 0 Å². The van der Waals surface area contributed by atoms with Gasteiger partial charge in [-0.2, -0.15) is 0 Å². The van der Waals surface area contributed by atoms with Gasteiger partial charge >= 0.3 is 0 Å². The predicted octanol–water partition coefficient (Wildman–Crippen LogP) is 7.26. The van der Waals surface area contributed by atoms with Crippen molar-refractivity contribution in [1.82, 2.24) is 0 Å². The molecule has 27 heavy (non-hydrogen) atoms. The van der Waals surface area contributed by atoms with Crippen LogP contribution in [0.1, 0.15) is 11.1 Å². The molecular weight excluding hydrogens is 364 g/mol. The van der Waals surface area contributed by atoms with Crippen molar-refractivity contribution in [2.45, 2.75) is 9.79 Å². The molecule has 1 spiro atoms. The van der Waals surface area contributed by atoms with E-state index >= 15 is 0 Å². The normalized spacial score (nSPS) is 20.4. The van der Waals surface area contributed by atoms with Crippen LogP contribution < -0.4 is 0 Å². The number of rotatable bonds is 0. The fourth-order valence-corrected chi connectivity index (χ4v) is 6.44. The Morgan fingerprint density at radius 1 is 0.593 bits per heavy atom. The van der Waals surface area contributed by atoms with Crippen LogP contribution in [0.4, 0.5) is 0 Å². The van der Waals surface area contributed by atoms with E-state index in [1.54, 1.807) is 0 Å². The first-order valence-electron chi connectivity index (χ1n) is 9.11. The first-order chi connectivity index (χ1) is 13.3. The van der Waals surface area contributed by atoms with Crippen LogP contribution in [0.25, 0.3) is 12.2 Å². The summed E-state index contributed by atoms with van der Waals surface area (Å²) in [5.41, 5.74) is 5.23. The van der Waals surface area contributed by atoms with E-state index in [4.69, 9.17) is 0 Å². The molecule has 0 fully saturated rings. The molecule has 0 amide bonds. The number of benzene rings is 2. The molecule has 0 saturated heterocycles. The predicted molar refractivity (Wildman–Crippen MR) is 117 cm³/mol. The zero-order chi connectivity index (χ0) is 17.8. The van der Waals surface area contributed by atoms with Crippen LogP contribution in [0.2, 0.25) is 0 Å². The van der Waals surface area contributed by atoms with E-state index < -0.39 is 0 Å². The maximum Gasteiger partial charge on any atom is 0.0591 e. The van der Waals surface area contributed by atoms with E-state index in [0.29, 0.717) is 0 Å². The lowest BCUT2D eigenvalue weighted by atomic mass is 9.68. The van der Waals surface area contributed by atoms with E-state index in [1.807, 2.05) is 23.5 Å². The van der Waals surface area contributed by atoms with Crippen LogP contribution in [-0.4, -0.2) is 0 Å². The molecule has 2 aromatic carbocycles. The highest BCUT2D eigenvalue weighted by molar-refractivity contribution is 8.03. The quantitative estimate of drug-likeness (QED) is 0.472. The van der Waals surface area contributed by atoms with E-state index in [2.05, 4.69) is 97.1 Å². The number of thioether (sulfide) groups is 2. The van der Waals surface area contributed by atoms with Gasteiger partial charge in [-0.1, -0.05) is 84.2 Å². The van der Waals surface area contributed by atoms with Crippen molar-refractivity contribution in [3.05, 3.63) is 117 Å². The van der Waals surface area contributed by atoms with Crippen molar-refractivity contribution >= 4 is 35.7 Å². The molecule has 2 aromatic rings. The van der Waals surface area contributed by atoms with Gasteiger partial charge in [-0.05, 0) is 58.7 Å². The Kier molecular flexibility index (Phi) is 3.35. The number of hydrogen-bond acceptors (Lipinski definition) is 2. The van der Waals surface area contributed by atoms with Gasteiger partial charge in [-0.15, -0.1) is 0 Å². The second-order valence-electron chi connectivity index (χ2n) is 7.04. The van der Waals surface area contributed by atoms with Gasteiger partial charge in [0.05, 0.1) is 5.41 Å². The molecule has 2 heterocycles. The summed E-state index contributed by atoms with van der Waals surface area (Å²) in [4.78, 5) is 5.38. The fraction of sp³-hybridized carbons (Fsp3) is 0.0400. The topological polar surface area (TPSA) is 0 Å². The molecule has 0 aromatic heterocycles. The van der Waals surface area contributed by atoms with Crippen molar-refractivity contribution in [1.29, 1.82) is 0 Å². The lowest BCUT2D eigenvalue weighted by Crippen LogP contribution is -2.27. The van der Waals surface area contributed by atoms with Crippen LogP contribution in [0.3, 0.4) is 0 Å². The summed E-state index contributed by atoms with van der Waals surface area (Å²) in [6.07, 6.45) is 18.5. The molecule has 0 unspecified atom stereocenters. The molecule has 2 heteroatoms. The second-order valence-corrected chi connectivity index (χ2v) is 9.21. The summed E-state index contributed by atoms with van der Waals surface area (Å²) in [5, 5.41) is 0. The van der Waals surface area contributed by atoms with Crippen LogP contribution in [0.15, 0.2) is 116 Å². The smallest absolute Gasteiger partial charge is 0.0591 e. The molecule has 6 rings (SSSR count). The zero-order valence-corrected chi connectivity index (χ0v) is 16.2. The summed E-state index contributed by atoms with van der Waals surface area (Å²) in [6, 6.07) is 17.4. The molecule has 2 aliphatic heterocycles. The summed E-state index contributed by atoms with van der Waals surface area (Å²) in [7, 11) is 0. The summed E-state index contributed by atoms with van der Waals surface area (Å²) >= 11 is 3.78. The molecule has 0 bridgehead atoms. The Hall–Kier alpha value is -2.42. The zero-order valence-electron chi connectivity index (χ0n) is 14.6. The average Bonchev–Trinajstić information content (AvgIpc) is 2.72. The van der Waals surface area contributed by atoms with Gasteiger partial charge in [-0.3, -0.25) is 0 Å². The Morgan fingerprint density at radius 2 is 1.07 bits per heavy atom. The monoisotopic (exact) mass is 380 g/mol. The molecular formula is C25H16S2. The van der Waals surface area contributed by atoms with Gasteiger partial charge in [0, 0.05) is 19.6 Å². The molecule has 128 valence electrons. The van der Waals surface area contributed by atoms with Crippen LogP contribution in [0, 0.1) is 5.41 Å². The van der Waals surface area contributed by atoms with Gasteiger partial charge in [0.2, 0.25) is 0 Å². The van der Waals surface area contributed by atoms with E-state index in [0.717, 1.165) is 0 Å². The minimum Gasteiger partial charge on any atom is -0.0891 e. The molecule has 0 atom stereocenters.